The number of carbonyl (C=O) groups is 1. The van der Waals surface area contributed by atoms with Gasteiger partial charge in [-0.05, 0) is 18.3 Å². The summed E-state index contributed by atoms with van der Waals surface area (Å²) in [4.78, 5) is 13.1. The first kappa shape index (κ1) is 10.7. The molecular weight excluding hydrogens is 192 g/mol. The fourth-order valence-corrected chi connectivity index (χ4v) is 3.16. The van der Waals surface area contributed by atoms with Crippen LogP contribution in [0.5, 0.6) is 0 Å². The van der Waals surface area contributed by atoms with Crippen LogP contribution in [0, 0.1) is 5.41 Å². The third-order valence-electron chi connectivity index (χ3n) is 4.12. The summed E-state index contributed by atoms with van der Waals surface area (Å²) >= 11 is 0. The van der Waals surface area contributed by atoms with Crippen LogP contribution in [0.1, 0.15) is 33.6 Å². The number of amides is 1. The third-order valence-corrected chi connectivity index (χ3v) is 4.12. The molecule has 2 heterocycles. The number of piperazine rings is 1. The molecule has 2 N–H and O–H groups in total. The molecule has 2 aliphatic rings. The van der Waals surface area contributed by atoms with Gasteiger partial charge in [-0.1, -0.05) is 20.8 Å². The number of nitrogens with zero attached hydrogens (tertiary/aromatic N) is 1. The van der Waals surface area contributed by atoms with Gasteiger partial charge in [0.05, 0.1) is 5.54 Å². The minimum absolute atomic E-state index is 0.00639. The minimum atomic E-state index is -0.756. The highest BCUT2D eigenvalue weighted by atomic mass is 16.4. The molecule has 86 valence electrons. The van der Waals surface area contributed by atoms with Gasteiger partial charge >= 0.3 is 6.09 Å². The van der Waals surface area contributed by atoms with Gasteiger partial charge in [0.15, 0.2) is 0 Å². The lowest BCUT2D eigenvalue weighted by Gasteiger charge is -2.51. The van der Waals surface area contributed by atoms with E-state index in [-0.39, 0.29) is 17.0 Å². The predicted molar refractivity (Wildman–Crippen MR) is 57.9 cm³/mol. The van der Waals surface area contributed by atoms with Gasteiger partial charge < -0.3 is 10.4 Å². The zero-order valence-corrected chi connectivity index (χ0v) is 9.71. The molecule has 0 radical (unpaired) electrons. The van der Waals surface area contributed by atoms with E-state index in [1.54, 1.807) is 4.90 Å². The second-order valence-corrected chi connectivity index (χ2v) is 5.76. The van der Waals surface area contributed by atoms with Gasteiger partial charge in [-0.25, -0.2) is 4.79 Å². The van der Waals surface area contributed by atoms with Crippen molar-refractivity contribution in [3.05, 3.63) is 0 Å². The molecule has 2 saturated heterocycles. The van der Waals surface area contributed by atoms with Crippen LogP contribution >= 0.6 is 0 Å². The fourth-order valence-electron chi connectivity index (χ4n) is 3.16. The van der Waals surface area contributed by atoms with Crippen LogP contribution in [-0.4, -0.2) is 40.8 Å². The Kier molecular flexibility index (Phi) is 2.23. The zero-order valence-electron chi connectivity index (χ0n) is 9.71. The summed E-state index contributed by atoms with van der Waals surface area (Å²) in [5.41, 5.74) is -0.213. The summed E-state index contributed by atoms with van der Waals surface area (Å²) in [5.74, 6) is 0. The molecule has 0 aromatic carbocycles. The first-order valence-electron chi connectivity index (χ1n) is 5.61. The summed E-state index contributed by atoms with van der Waals surface area (Å²) in [5, 5.41) is 12.7. The van der Waals surface area contributed by atoms with Crippen molar-refractivity contribution in [3.8, 4) is 0 Å². The third kappa shape index (κ3) is 1.34. The van der Waals surface area contributed by atoms with Gasteiger partial charge in [-0.15, -0.1) is 0 Å². The predicted octanol–water partition coefficient (Wildman–Crippen LogP) is 1.52. The summed E-state index contributed by atoms with van der Waals surface area (Å²) in [6.45, 7) is 8.01. The quantitative estimate of drug-likeness (QED) is 0.640. The van der Waals surface area contributed by atoms with Gasteiger partial charge in [0.25, 0.3) is 0 Å². The maximum Gasteiger partial charge on any atom is 0.408 e. The lowest BCUT2D eigenvalue weighted by molar-refractivity contribution is -0.00326. The van der Waals surface area contributed by atoms with E-state index in [1.165, 1.54) is 0 Å². The molecule has 0 spiro atoms. The van der Waals surface area contributed by atoms with Gasteiger partial charge in [0.2, 0.25) is 0 Å². The summed E-state index contributed by atoms with van der Waals surface area (Å²) in [6.07, 6.45) is 1.23. The number of hydrogen-bond donors (Lipinski definition) is 2. The standard InChI is InChI=1S/C11H20N2O2/c1-10(2,3)11-5-4-8(6-12-7-11)13(11)9(14)15/h8,12H,4-7H2,1-3H3,(H,14,15)/t8-,11-/m1/s1. The average Bonchev–Trinajstić information content (AvgIpc) is 2.34. The molecule has 15 heavy (non-hydrogen) atoms. The SMILES string of the molecule is CC(C)(C)[C@@]12CC[C@H](CNC1)N2C(=O)O. The number of carboxylic acid groups (broad SMARTS) is 1. The average molecular weight is 212 g/mol. The Bertz CT molecular complexity index is 281. The van der Waals surface area contributed by atoms with E-state index in [4.69, 9.17) is 0 Å². The number of fused-ring (bicyclic) bond motifs is 2. The van der Waals surface area contributed by atoms with Crippen molar-refractivity contribution in [2.75, 3.05) is 13.1 Å². The van der Waals surface area contributed by atoms with Crippen molar-refractivity contribution in [1.82, 2.24) is 10.2 Å². The molecule has 0 aromatic rings. The van der Waals surface area contributed by atoms with Crippen molar-refractivity contribution < 1.29 is 9.90 Å². The van der Waals surface area contributed by atoms with Crippen LogP contribution in [-0.2, 0) is 0 Å². The summed E-state index contributed by atoms with van der Waals surface area (Å²) in [6, 6.07) is 0.176. The highest BCUT2D eigenvalue weighted by Crippen LogP contribution is 2.47. The van der Waals surface area contributed by atoms with Crippen molar-refractivity contribution >= 4 is 6.09 Å². The topological polar surface area (TPSA) is 52.6 Å². The molecule has 0 saturated carbocycles. The molecule has 2 atom stereocenters. The molecule has 2 bridgehead atoms. The molecule has 0 aromatic heterocycles. The van der Waals surface area contributed by atoms with E-state index < -0.39 is 6.09 Å². The first-order chi connectivity index (χ1) is 6.88. The molecule has 4 heteroatoms. The van der Waals surface area contributed by atoms with E-state index in [2.05, 4.69) is 26.1 Å². The van der Waals surface area contributed by atoms with Gasteiger partial charge in [-0.2, -0.15) is 0 Å². The molecule has 4 nitrogen and oxygen atoms in total. The summed E-state index contributed by atoms with van der Waals surface area (Å²) in [7, 11) is 0. The largest absolute Gasteiger partial charge is 0.465 e. The van der Waals surface area contributed by atoms with Gasteiger partial charge in [0, 0.05) is 19.1 Å². The van der Waals surface area contributed by atoms with Crippen LogP contribution in [0.3, 0.4) is 0 Å². The maximum atomic E-state index is 11.4. The number of hydrogen-bond acceptors (Lipinski definition) is 2. The number of rotatable bonds is 0. The molecule has 2 rings (SSSR count). The lowest BCUT2D eigenvalue weighted by Crippen LogP contribution is -2.67. The Morgan fingerprint density at radius 2 is 2.20 bits per heavy atom. The highest BCUT2D eigenvalue weighted by molar-refractivity contribution is 5.68. The first-order valence-corrected chi connectivity index (χ1v) is 5.61. The van der Waals surface area contributed by atoms with E-state index in [9.17, 15) is 9.90 Å². The zero-order chi connectivity index (χ0) is 11.3. The van der Waals surface area contributed by atoms with Gasteiger partial charge in [-0.3, -0.25) is 4.90 Å². The lowest BCUT2D eigenvalue weighted by atomic mass is 9.71. The minimum Gasteiger partial charge on any atom is -0.465 e. The Hall–Kier alpha value is -0.770. The molecule has 0 aliphatic carbocycles. The fraction of sp³-hybridized carbons (Fsp3) is 0.909. The second-order valence-electron chi connectivity index (χ2n) is 5.76. The molecule has 2 fully saturated rings. The Balaban J connectivity index is 2.40. The van der Waals surface area contributed by atoms with Crippen LogP contribution in [0.2, 0.25) is 0 Å². The van der Waals surface area contributed by atoms with Crippen molar-refractivity contribution in [2.45, 2.75) is 45.2 Å². The molecule has 0 unspecified atom stereocenters. The number of nitrogens with one attached hydrogen (secondary N) is 1. The molecular formula is C11H20N2O2. The van der Waals surface area contributed by atoms with Crippen LogP contribution < -0.4 is 5.32 Å². The van der Waals surface area contributed by atoms with Crippen LogP contribution in [0.25, 0.3) is 0 Å². The van der Waals surface area contributed by atoms with Crippen molar-refractivity contribution in [3.63, 3.8) is 0 Å². The second kappa shape index (κ2) is 3.11. The van der Waals surface area contributed by atoms with Crippen LogP contribution in [0.4, 0.5) is 4.79 Å². The summed E-state index contributed by atoms with van der Waals surface area (Å²) < 4.78 is 0. The Morgan fingerprint density at radius 1 is 1.53 bits per heavy atom. The van der Waals surface area contributed by atoms with E-state index in [0.29, 0.717) is 0 Å². The van der Waals surface area contributed by atoms with E-state index >= 15 is 0 Å². The van der Waals surface area contributed by atoms with E-state index in [0.717, 1.165) is 25.9 Å². The Morgan fingerprint density at radius 3 is 2.67 bits per heavy atom. The van der Waals surface area contributed by atoms with E-state index in [1.807, 2.05) is 0 Å². The van der Waals surface area contributed by atoms with Gasteiger partial charge in [0.1, 0.15) is 0 Å². The normalized spacial score (nSPS) is 35.7. The Labute approximate surface area is 90.6 Å². The highest BCUT2D eigenvalue weighted by Gasteiger charge is 2.57. The smallest absolute Gasteiger partial charge is 0.408 e. The van der Waals surface area contributed by atoms with Crippen LogP contribution in [0.15, 0.2) is 0 Å². The molecule has 1 amide bonds. The molecule has 2 aliphatic heterocycles. The monoisotopic (exact) mass is 212 g/mol. The van der Waals surface area contributed by atoms with Crippen molar-refractivity contribution in [1.29, 1.82) is 0 Å². The van der Waals surface area contributed by atoms with Crippen molar-refractivity contribution in [2.24, 2.45) is 5.41 Å². The maximum absolute atomic E-state index is 11.4.